The number of fused-ring (bicyclic) bond motifs is 1. The molecule has 1 aliphatic rings. The summed E-state index contributed by atoms with van der Waals surface area (Å²) < 4.78 is 5.42. The van der Waals surface area contributed by atoms with Gasteiger partial charge in [-0.15, -0.1) is 0 Å². The molecule has 1 atom stereocenters. The highest BCUT2D eigenvalue weighted by Gasteiger charge is 2.32. The molecule has 1 unspecified atom stereocenters. The molecule has 3 aromatic rings. The highest BCUT2D eigenvalue weighted by molar-refractivity contribution is 6.04. The SMILES string of the molecule is COc1cc(C)cc(-c2cccc3c2CC(Cc2ccc(C(=O)O)cc2)C3=O)c1. The average molecular weight is 386 g/mol. The number of carboxylic acid groups (broad SMARTS) is 1. The molecule has 29 heavy (non-hydrogen) atoms. The first kappa shape index (κ1) is 18.9. The largest absolute Gasteiger partial charge is 0.497 e. The minimum atomic E-state index is -0.945. The van der Waals surface area contributed by atoms with Gasteiger partial charge in [-0.25, -0.2) is 4.79 Å². The maximum absolute atomic E-state index is 13.0. The van der Waals surface area contributed by atoms with Crippen LogP contribution in [-0.4, -0.2) is 24.0 Å². The van der Waals surface area contributed by atoms with E-state index in [4.69, 9.17) is 9.84 Å². The summed E-state index contributed by atoms with van der Waals surface area (Å²) in [5, 5.41) is 9.05. The highest BCUT2D eigenvalue weighted by atomic mass is 16.5. The lowest BCUT2D eigenvalue weighted by atomic mass is 9.93. The fourth-order valence-corrected chi connectivity index (χ4v) is 4.12. The molecule has 0 bridgehead atoms. The first-order valence-electron chi connectivity index (χ1n) is 9.60. The quantitative estimate of drug-likeness (QED) is 0.673. The summed E-state index contributed by atoms with van der Waals surface area (Å²) in [5.74, 6) is -0.117. The smallest absolute Gasteiger partial charge is 0.335 e. The van der Waals surface area contributed by atoms with E-state index in [9.17, 15) is 9.59 Å². The third-order valence-corrected chi connectivity index (χ3v) is 5.54. The molecule has 0 heterocycles. The van der Waals surface area contributed by atoms with E-state index in [0.29, 0.717) is 12.8 Å². The number of carbonyl (C=O) groups excluding carboxylic acids is 1. The third-order valence-electron chi connectivity index (χ3n) is 5.54. The molecule has 3 aromatic carbocycles. The summed E-state index contributed by atoms with van der Waals surface area (Å²) in [6, 6.07) is 18.8. The number of aryl methyl sites for hydroxylation is 1. The Morgan fingerprint density at radius 1 is 1.07 bits per heavy atom. The second kappa shape index (κ2) is 7.55. The topological polar surface area (TPSA) is 63.6 Å². The maximum atomic E-state index is 13.0. The van der Waals surface area contributed by atoms with Gasteiger partial charge in [-0.05, 0) is 71.8 Å². The van der Waals surface area contributed by atoms with Gasteiger partial charge in [-0.1, -0.05) is 36.4 Å². The first-order chi connectivity index (χ1) is 14.0. The number of hydrogen-bond acceptors (Lipinski definition) is 3. The second-order valence-electron chi connectivity index (χ2n) is 7.54. The predicted molar refractivity (Wildman–Crippen MR) is 112 cm³/mol. The molecule has 1 N–H and O–H groups in total. The lowest BCUT2D eigenvalue weighted by molar-refractivity contribution is 0.0696. The van der Waals surface area contributed by atoms with Crippen molar-refractivity contribution >= 4 is 11.8 Å². The molecule has 4 rings (SSSR count). The Morgan fingerprint density at radius 3 is 2.48 bits per heavy atom. The molecule has 4 nitrogen and oxygen atoms in total. The molecule has 146 valence electrons. The predicted octanol–water partition coefficient (Wildman–Crippen LogP) is 4.97. The molecule has 0 aliphatic heterocycles. The molecule has 0 fully saturated rings. The van der Waals surface area contributed by atoms with Crippen LogP contribution in [0.5, 0.6) is 5.75 Å². The normalized spacial score (nSPS) is 15.2. The zero-order valence-corrected chi connectivity index (χ0v) is 16.4. The van der Waals surface area contributed by atoms with Crippen molar-refractivity contribution in [1.82, 2.24) is 0 Å². The summed E-state index contributed by atoms with van der Waals surface area (Å²) in [7, 11) is 1.66. The zero-order chi connectivity index (χ0) is 20.5. The molecule has 0 saturated heterocycles. The van der Waals surface area contributed by atoms with Gasteiger partial charge < -0.3 is 9.84 Å². The van der Waals surface area contributed by atoms with Gasteiger partial charge in [0.25, 0.3) is 0 Å². The fourth-order valence-electron chi connectivity index (χ4n) is 4.12. The van der Waals surface area contributed by atoms with Crippen molar-refractivity contribution in [2.45, 2.75) is 19.8 Å². The molecule has 1 aliphatic carbocycles. The van der Waals surface area contributed by atoms with Crippen molar-refractivity contribution in [3.05, 3.63) is 88.5 Å². The molecule has 0 radical (unpaired) electrons. The van der Waals surface area contributed by atoms with Gasteiger partial charge in [0.2, 0.25) is 0 Å². The Bertz CT molecular complexity index is 1100. The van der Waals surface area contributed by atoms with E-state index < -0.39 is 5.97 Å². The van der Waals surface area contributed by atoms with Gasteiger partial charge in [0.15, 0.2) is 5.78 Å². The van der Waals surface area contributed by atoms with E-state index in [2.05, 4.69) is 12.1 Å². The molecule has 0 amide bonds. The van der Waals surface area contributed by atoms with Crippen LogP contribution in [0.3, 0.4) is 0 Å². The Morgan fingerprint density at radius 2 is 1.79 bits per heavy atom. The summed E-state index contributed by atoms with van der Waals surface area (Å²) in [4.78, 5) is 24.1. The zero-order valence-electron chi connectivity index (χ0n) is 16.4. The minimum Gasteiger partial charge on any atom is -0.497 e. The molecular formula is C25H22O4. The van der Waals surface area contributed by atoms with Crippen molar-refractivity contribution < 1.29 is 19.4 Å². The van der Waals surface area contributed by atoms with E-state index in [1.54, 1.807) is 31.4 Å². The Kier molecular flexibility index (Phi) is 4.93. The van der Waals surface area contributed by atoms with Crippen LogP contribution in [0.4, 0.5) is 0 Å². The monoisotopic (exact) mass is 386 g/mol. The highest BCUT2D eigenvalue weighted by Crippen LogP contribution is 2.37. The Labute approximate surface area is 169 Å². The van der Waals surface area contributed by atoms with Crippen molar-refractivity contribution in [1.29, 1.82) is 0 Å². The van der Waals surface area contributed by atoms with Gasteiger partial charge in [-0.2, -0.15) is 0 Å². The summed E-state index contributed by atoms with van der Waals surface area (Å²) in [6.45, 7) is 2.03. The van der Waals surface area contributed by atoms with Gasteiger partial charge >= 0.3 is 5.97 Å². The van der Waals surface area contributed by atoms with Crippen LogP contribution in [0.25, 0.3) is 11.1 Å². The van der Waals surface area contributed by atoms with Gasteiger partial charge in [-0.3, -0.25) is 4.79 Å². The van der Waals surface area contributed by atoms with Crippen molar-refractivity contribution in [3.8, 4) is 16.9 Å². The summed E-state index contributed by atoms with van der Waals surface area (Å²) in [6.07, 6.45) is 1.28. The van der Waals surface area contributed by atoms with Crippen LogP contribution in [0.2, 0.25) is 0 Å². The lowest BCUT2D eigenvalue weighted by Crippen LogP contribution is -2.12. The van der Waals surface area contributed by atoms with E-state index in [1.807, 2.05) is 31.2 Å². The molecular weight excluding hydrogens is 364 g/mol. The standard InChI is InChI=1S/C25H22O4/c1-15-10-18(13-20(11-15)29-2)21-4-3-5-22-23(21)14-19(24(22)26)12-16-6-8-17(9-7-16)25(27)28/h3-11,13,19H,12,14H2,1-2H3,(H,27,28). The van der Waals surface area contributed by atoms with Crippen LogP contribution >= 0.6 is 0 Å². The Hall–Kier alpha value is -3.40. The lowest BCUT2D eigenvalue weighted by Gasteiger charge is -2.11. The van der Waals surface area contributed by atoms with Crippen molar-refractivity contribution in [2.75, 3.05) is 7.11 Å². The number of ketones is 1. The number of ether oxygens (including phenoxy) is 1. The van der Waals surface area contributed by atoms with Crippen LogP contribution in [0, 0.1) is 12.8 Å². The number of carbonyl (C=O) groups is 2. The number of hydrogen-bond donors (Lipinski definition) is 1. The van der Waals surface area contributed by atoms with Crippen LogP contribution < -0.4 is 4.74 Å². The molecule has 0 spiro atoms. The fraction of sp³-hybridized carbons (Fsp3) is 0.200. The molecule has 0 saturated carbocycles. The first-order valence-corrected chi connectivity index (χ1v) is 9.60. The van der Waals surface area contributed by atoms with Crippen molar-refractivity contribution in [2.24, 2.45) is 5.92 Å². The summed E-state index contributed by atoms with van der Waals surface area (Å²) >= 11 is 0. The number of benzene rings is 3. The van der Waals surface area contributed by atoms with Crippen LogP contribution in [-0.2, 0) is 12.8 Å². The van der Waals surface area contributed by atoms with Crippen LogP contribution in [0.1, 0.15) is 37.4 Å². The number of methoxy groups -OCH3 is 1. The van der Waals surface area contributed by atoms with E-state index in [-0.39, 0.29) is 17.3 Å². The number of aromatic carboxylic acids is 1. The van der Waals surface area contributed by atoms with Crippen LogP contribution in [0.15, 0.2) is 60.7 Å². The Balaban J connectivity index is 1.64. The second-order valence-corrected chi connectivity index (χ2v) is 7.54. The third kappa shape index (κ3) is 3.66. The number of carboxylic acids is 1. The van der Waals surface area contributed by atoms with Crippen molar-refractivity contribution in [3.63, 3.8) is 0 Å². The number of rotatable bonds is 5. The van der Waals surface area contributed by atoms with E-state index >= 15 is 0 Å². The summed E-state index contributed by atoms with van der Waals surface area (Å²) in [5.41, 5.74) is 6.33. The molecule has 4 heteroatoms. The molecule has 0 aromatic heterocycles. The maximum Gasteiger partial charge on any atom is 0.335 e. The number of Topliss-reactive ketones (excluding diaryl/α,β-unsaturated/α-hetero) is 1. The average Bonchev–Trinajstić information content (AvgIpc) is 3.03. The van der Waals surface area contributed by atoms with E-state index in [1.165, 1.54) is 0 Å². The van der Waals surface area contributed by atoms with Gasteiger partial charge in [0.1, 0.15) is 5.75 Å². The van der Waals surface area contributed by atoms with Gasteiger partial charge in [0, 0.05) is 11.5 Å². The van der Waals surface area contributed by atoms with E-state index in [0.717, 1.165) is 39.1 Å². The van der Waals surface area contributed by atoms with Gasteiger partial charge in [0.05, 0.1) is 12.7 Å². The minimum absolute atomic E-state index is 0.131.